The molecule has 0 saturated carbocycles. The Labute approximate surface area is 83.3 Å². The third-order valence-corrected chi connectivity index (χ3v) is 2.03. The summed E-state index contributed by atoms with van der Waals surface area (Å²) in [7, 11) is 3.19. The van der Waals surface area contributed by atoms with Gasteiger partial charge < -0.3 is 10.1 Å². The number of nitrogens with one attached hydrogen (secondary N) is 1. The van der Waals surface area contributed by atoms with Crippen LogP contribution in [-0.2, 0) is 9.53 Å². The topological polar surface area (TPSA) is 51.2 Å². The van der Waals surface area contributed by atoms with Gasteiger partial charge in [0.25, 0.3) is 0 Å². The van der Waals surface area contributed by atoms with Crippen LogP contribution < -0.4 is 5.32 Å². The molecule has 0 aliphatic heterocycles. The van der Waals surface area contributed by atoms with E-state index < -0.39 is 0 Å². The number of ether oxygens (including phenoxy) is 1. The molecule has 1 N–H and O–H groups in total. The summed E-state index contributed by atoms with van der Waals surface area (Å²) in [5, 5.41) is 3.04. The van der Waals surface area contributed by atoms with E-state index in [1.54, 1.807) is 19.4 Å². The molecule has 1 atom stereocenters. The monoisotopic (exact) mass is 194 g/mol. The average molecular weight is 194 g/mol. The van der Waals surface area contributed by atoms with Crippen molar-refractivity contribution in [2.24, 2.45) is 0 Å². The number of pyridine rings is 1. The van der Waals surface area contributed by atoms with Crippen LogP contribution in [0.15, 0.2) is 24.5 Å². The quantitative estimate of drug-likeness (QED) is 0.724. The molecule has 1 aromatic heterocycles. The van der Waals surface area contributed by atoms with Crippen LogP contribution in [-0.4, -0.2) is 25.1 Å². The van der Waals surface area contributed by atoms with E-state index in [0.717, 1.165) is 5.56 Å². The Morgan fingerprint density at radius 1 is 1.71 bits per heavy atom. The van der Waals surface area contributed by atoms with Crippen LogP contribution in [0.25, 0.3) is 0 Å². The summed E-state index contributed by atoms with van der Waals surface area (Å²) in [6, 6.07) is 3.74. The minimum atomic E-state index is -0.229. The van der Waals surface area contributed by atoms with Gasteiger partial charge in [0.05, 0.1) is 13.5 Å². The first-order valence-electron chi connectivity index (χ1n) is 4.42. The Hall–Kier alpha value is -1.42. The number of hydrogen-bond donors (Lipinski definition) is 1. The smallest absolute Gasteiger partial charge is 0.307 e. The second-order valence-corrected chi connectivity index (χ2v) is 2.91. The zero-order valence-electron chi connectivity index (χ0n) is 8.36. The fourth-order valence-corrected chi connectivity index (χ4v) is 1.22. The van der Waals surface area contributed by atoms with Crippen LogP contribution in [0, 0.1) is 0 Å². The molecule has 14 heavy (non-hydrogen) atoms. The maximum atomic E-state index is 11.1. The third kappa shape index (κ3) is 2.81. The molecule has 1 rings (SSSR count). The van der Waals surface area contributed by atoms with E-state index in [2.05, 4.69) is 15.0 Å². The third-order valence-electron chi connectivity index (χ3n) is 2.03. The Morgan fingerprint density at radius 3 is 3.00 bits per heavy atom. The number of methoxy groups -OCH3 is 1. The molecule has 0 spiro atoms. The molecule has 4 nitrogen and oxygen atoms in total. The van der Waals surface area contributed by atoms with Crippen molar-refractivity contribution >= 4 is 5.97 Å². The largest absolute Gasteiger partial charge is 0.469 e. The van der Waals surface area contributed by atoms with Crippen molar-refractivity contribution < 1.29 is 9.53 Å². The second kappa shape index (κ2) is 5.34. The predicted molar refractivity (Wildman–Crippen MR) is 52.7 cm³/mol. The van der Waals surface area contributed by atoms with E-state index in [4.69, 9.17) is 0 Å². The molecular formula is C10H14N2O2. The van der Waals surface area contributed by atoms with Gasteiger partial charge in [-0.25, -0.2) is 0 Å². The summed E-state index contributed by atoms with van der Waals surface area (Å²) in [4.78, 5) is 15.1. The van der Waals surface area contributed by atoms with Gasteiger partial charge in [0.1, 0.15) is 0 Å². The lowest BCUT2D eigenvalue weighted by Gasteiger charge is -2.14. The van der Waals surface area contributed by atoms with Gasteiger partial charge >= 0.3 is 5.97 Å². The van der Waals surface area contributed by atoms with Crippen molar-refractivity contribution in [1.82, 2.24) is 10.3 Å². The summed E-state index contributed by atoms with van der Waals surface area (Å²) < 4.78 is 4.60. The molecule has 0 fully saturated rings. The summed E-state index contributed by atoms with van der Waals surface area (Å²) in [6.45, 7) is 0. The second-order valence-electron chi connectivity index (χ2n) is 2.91. The molecule has 76 valence electrons. The Kier molecular flexibility index (Phi) is 4.07. The van der Waals surface area contributed by atoms with E-state index in [-0.39, 0.29) is 12.0 Å². The number of carbonyl (C=O) groups is 1. The van der Waals surface area contributed by atoms with Crippen LogP contribution in [0.2, 0.25) is 0 Å². The SMILES string of the molecule is CNC(CC(=O)OC)c1cccnc1. The molecule has 0 amide bonds. The molecule has 1 aromatic rings. The van der Waals surface area contributed by atoms with Crippen molar-refractivity contribution in [3.63, 3.8) is 0 Å². The van der Waals surface area contributed by atoms with Gasteiger partial charge in [-0.3, -0.25) is 9.78 Å². The van der Waals surface area contributed by atoms with Gasteiger partial charge in [0, 0.05) is 18.4 Å². The van der Waals surface area contributed by atoms with Crippen molar-refractivity contribution in [3.8, 4) is 0 Å². The van der Waals surface area contributed by atoms with E-state index in [0.29, 0.717) is 6.42 Å². The molecule has 4 heteroatoms. The molecule has 0 aliphatic carbocycles. The van der Waals surface area contributed by atoms with E-state index >= 15 is 0 Å². The van der Waals surface area contributed by atoms with Gasteiger partial charge in [-0.2, -0.15) is 0 Å². The number of hydrogen-bond acceptors (Lipinski definition) is 4. The maximum absolute atomic E-state index is 11.1. The highest BCUT2D eigenvalue weighted by Gasteiger charge is 2.13. The first-order chi connectivity index (χ1) is 6.77. The highest BCUT2D eigenvalue weighted by molar-refractivity contribution is 5.70. The van der Waals surface area contributed by atoms with Crippen molar-refractivity contribution in [1.29, 1.82) is 0 Å². The summed E-state index contributed by atoms with van der Waals surface area (Å²) in [5.74, 6) is -0.229. The number of rotatable bonds is 4. The van der Waals surface area contributed by atoms with E-state index in [9.17, 15) is 4.79 Å². The minimum Gasteiger partial charge on any atom is -0.469 e. The summed E-state index contributed by atoms with van der Waals surface area (Å²) >= 11 is 0. The zero-order chi connectivity index (χ0) is 10.4. The van der Waals surface area contributed by atoms with Crippen LogP contribution in [0.3, 0.4) is 0 Å². The normalized spacial score (nSPS) is 12.1. The standard InChI is InChI=1S/C10H14N2O2/c1-11-9(6-10(13)14-2)8-4-3-5-12-7-8/h3-5,7,9,11H,6H2,1-2H3. The fourth-order valence-electron chi connectivity index (χ4n) is 1.22. The number of aromatic nitrogens is 1. The molecule has 0 radical (unpaired) electrons. The first-order valence-corrected chi connectivity index (χ1v) is 4.42. The van der Waals surface area contributed by atoms with Crippen LogP contribution >= 0.6 is 0 Å². The van der Waals surface area contributed by atoms with Crippen LogP contribution in [0.1, 0.15) is 18.0 Å². The van der Waals surface area contributed by atoms with Crippen LogP contribution in [0.4, 0.5) is 0 Å². The predicted octanol–water partition coefficient (Wildman–Crippen LogP) is 0.905. The molecule has 0 aliphatic rings. The van der Waals surface area contributed by atoms with Gasteiger partial charge in [-0.05, 0) is 18.7 Å². The summed E-state index contributed by atoms with van der Waals surface area (Å²) in [5.41, 5.74) is 0.986. The van der Waals surface area contributed by atoms with Crippen LogP contribution in [0.5, 0.6) is 0 Å². The Bertz CT molecular complexity index is 287. The fraction of sp³-hybridized carbons (Fsp3) is 0.400. The lowest BCUT2D eigenvalue weighted by atomic mass is 10.1. The average Bonchev–Trinajstić information content (AvgIpc) is 2.26. The van der Waals surface area contributed by atoms with Crippen molar-refractivity contribution in [3.05, 3.63) is 30.1 Å². The van der Waals surface area contributed by atoms with Gasteiger partial charge in [-0.1, -0.05) is 6.07 Å². The highest BCUT2D eigenvalue weighted by atomic mass is 16.5. The molecule has 0 saturated heterocycles. The zero-order valence-corrected chi connectivity index (χ0v) is 8.36. The van der Waals surface area contributed by atoms with Crippen molar-refractivity contribution in [2.45, 2.75) is 12.5 Å². The molecule has 0 aromatic carbocycles. The Balaban J connectivity index is 2.68. The van der Waals surface area contributed by atoms with Gasteiger partial charge in [0.2, 0.25) is 0 Å². The van der Waals surface area contributed by atoms with E-state index in [1.165, 1.54) is 7.11 Å². The number of nitrogens with zero attached hydrogens (tertiary/aromatic N) is 1. The molecule has 1 heterocycles. The van der Waals surface area contributed by atoms with Gasteiger partial charge in [-0.15, -0.1) is 0 Å². The lowest BCUT2D eigenvalue weighted by molar-refractivity contribution is -0.141. The maximum Gasteiger partial charge on any atom is 0.307 e. The first kappa shape index (κ1) is 10.7. The number of carbonyl (C=O) groups excluding carboxylic acids is 1. The highest BCUT2D eigenvalue weighted by Crippen LogP contribution is 2.14. The number of esters is 1. The minimum absolute atomic E-state index is 0.0313. The van der Waals surface area contributed by atoms with Crippen molar-refractivity contribution in [2.75, 3.05) is 14.2 Å². The molecular weight excluding hydrogens is 180 g/mol. The van der Waals surface area contributed by atoms with E-state index in [1.807, 2.05) is 12.1 Å². The lowest BCUT2D eigenvalue weighted by Crippen LogP contribution is -2.20. The molecule has 0 bridgehead atoms. The molecule has 1 unspecified atom stereocenters. The summed E-state index contributed by atoms with van der Waals surface area (Å²) in [6.07, 6.45) is 3.76. The Morgan fingerprint density at radius 2 is 2.50 bits per heavy atom. The van der Waals surface area contributed by atoms with Gasteiger partial charge in [0.15, 0.2) is 0 Å².